The number of fused-ring (bicyclic) bond motifs is 1. The fourth-order valence-electron chi connectivity index (χ4n) is 2.71. The number of halogens is 4. The summed E-state index contributed by atoms with van der Waals surface area (Å²) in [4.78, 5) is 8.64. The van der Waals surface area contributed by atoms with E-state index in [-0.39, 0.29) is 21.5 Å². The van der Waals surface area contributed by atoms with Crippen LogP contribution in [0, 0.1) is 0 Å². The molecule has 0 fully saturated rings. The Kier molecular flexibility index (Phi) is 5.50. The SMILES string of the molecule is O=S(=O)(Nc1nc2ccccc2nc1Nc1ccc(Cl)c(C(F)(F)F)c1)c1cccs1. The minimum atomic E-state index is -4.66. The molecule has 6 nitrogen and oxygen atoms in total. The standard InChI is InChI=1S/C19H12ClF3N4O2S2/c20-13-8-7-11(10-12(13)19(21,22)23)24-17-18(26-15-5-2-1-4-14(15)25-17)27-31(28,29)16-6-3-9-30-16/h1-10H,(H,24,25)(H,26,27). The molecule has 0 amide bonds. The Morgan fingerprint density at radius 3 is 2.23 bits per heavy atom. The largest absolute Gasteiger partial charge is 0.417 e. The molecule has 31 heavy (non-hydrogen) atoms. The van der Waals surface area contributed by atoms with E-state index in [1.54, 1.807) is 35.7 Å². The predicted molar refractivity (Wildman–Crippen MR) is 114 cm³/mol. The maximum Gasteiger partial charge on any atom is 0.417 e. The second-order valence-corrected chi connectivity index (χ2v) is 9.53. The summed E-state index contributed by atoms with van der Waals surface area (Å²) in [6.45, 7) is 0. The molecule has 0 saturated carbocycles. The molecular formula is C19H12ClF3N4O2S2. The van der Waals surface area contributed by atoms with Crippen molar-refractivity contribution in [2.45, 2.75) is 10.4 Å². The van der Waals surface area contributed by atoms with Crippen molar-refractivity contribution in [3.8, 4) is 0 Å². The molecule has 0 spiro atoms. The van der Waals surface area contributed by atoms with Crippen LogP contribution in [0.4, 0.5) is 30.5 Å². The van der Waals surface area contributed by atoms with Gasteiger partial charge in [0, 0.05) is 5.69 Å². The third-order valence-electron chi connectivity index (χ3n) is 4.10. The lowest BCUT2D eigenvalue weighted by Gasteiger charge is -2.15. The van der Waals surface area contributed by atoms with Crippen LogP contribution in [0.1, 0.15) is 5.56 Å². The first-order valence-electron chi connectivity index (χ1n) is 8.60. The highest BCUT2D eigenvalue weighted by Gasteiger charge is 2.33. The molecule has 0 aliphatic heterocycles. The van der Waals surface area contributed by atoms with Crippen molar-refractivity contribution in [2.75, 3.05) is 10.0 Å². The van der Waals surface area contributed by atoms with E-state index in [0.29, 0.717) is 11.0 Å². The van der Waals surface area contributed by atoms with Crippen LogP contribution in [-0.4, -0.2) is 18.4 Å². The quantitative estimate of drug-likeness (QED) is 0.368. The summed E-state index contributed by atoms with van der Waals surface area (Å²) in [6.07, 6.45) is -4.66. The molecule has 0 radical (unpaired) electrons. The van der Waals surface area contributed by atoms with Crippen LogP contribution in [0.5, 0.6) is 0 Å². The van der Waals surface area contributed by atoms with Crippen LogP contribution in [-0.2, 0) is 16.2 Å². The normalized spacial score (nSPS) is 12.1. The highest BCUT2D eigenvalue weighted by molar-refractivity contribution is 7.94. The van der Waals surface area contributed by atoms with Gasteiger partial charge in [-0.2, -0.15) is 13.2 Å². The number of nitrogens with zero attached hydrogens (tertiary/aromatic N) is 2. The third-order valence-corrected chi connectivity index (χ3v) is 7.16. The van der Waals surface area contributed by atoms with E-state index in [0.717, 1.165) is 23.5 Å². The van der Waals surface area contributed by atoms with Crippen molar-refractivity contribution in [2.24, 2.45) is 0 Å². The van der Waals surface area contributed by atoms with E-state index in [9.17, 15) is 21.6 Å². The summed E-state index contributed by atoms with van der Waals surface area (Å²) in [5.41, 5.74) is -0.190. The zero-order chi connectivity index (χ0) is 22.2. The first-order chi connectivity index (χ1) is 14.6. The Morgan fingerprint density at radius 1 is 0.935 bits per heavy atom. The van der Waals surface area contributed by atoms with Crippen molar-refractivity contribution in [3.63, 3.8) is 0 Å². The maximum absolute atomic E-state index is 13.2. The molecule has 4 rings (SSSR count). The van der Waals surface area contributed by atoms with Crippen LogP contribution in [0.15, 0.2) is 64.2 Å². The van der Waals surface area contributed by atoms with Crippen molar-refractivity contribution >= 4 is 61.3 Å². The molecule has 0 aliphatic carbocycles. The number of nitrogens with one attached hydrogen (secondary N) is 2. The topological polar surface area (TPSA) is 84.0 Å². The van der Waals surface area contributed by atoms with E-state index >= 15 is 0 Å². The molecule has 160 valence electrons. The van der Waals surface area contributed by atoms with Crippen LogP contribution in [0.25, 0.3) is 11.0 Å². The van der Waals surface area contributed by atoms with E-state index in [2.05, 4.69) is 20.0 Å². The molecule has 0 bridgehead atoms. The van der Waals surface area contributed by atoms with Crippen molar-refractivity contribution in [3.05, 3.63) is 70.6 Å². The number of rotatable bonds is 5. The second kappa shape index (κ2) is 7.98. The maximum atomic E-state index is 13.2. The molecular weight excluding hydrogens is 473 g/mol. The minimum absolute atomic E-state index is 0.0119. The third kappa shape index (κ3) is 4.58. The van der Waals surface area contributed by atoms with Crippen LogP contribution in [0.2, 0.25) is 5.02 Å². The van der Waals surface area contributed by atoms with Crippen molar-refractivity contribution < 1.29 is 21.6 Å². The number of anilines is 3. The van der Waals surface area contributed by atoms with Gasteiger partial charge in [0.1, 0.15) is 4.21 Å². The number of para-hydroxylation sites is 2. The zero-order valence-electron chi connectivity index (χ0n) is 15.3. The van der Waals surface area contributed by atoms with Gasteiger partial charge in [-0.15, -0.1) is 11.3 Å². The average Bonchev–Trinajstić information content (AvgIpc) is 3.25. The van der Waals surface area contributed by atoms with Crippen LogP contribution < -0.4 is 10.0 Å². The van der Waals surface area contributed by atoms with Gasteiger partial charge in [0.15, 0.2) is 11.6 Å². The first-order valence-corrected chi connectivity index (χ1v) is 11.3. The lowest BCUT2D eigenvalue weighted by atomic mass is 10.2. The molecule has 2 aromatic heterocycles. The molecule has 4 aromatic rings. The lowest BCUT2D eigenvalue weighted by molar-refractivity contribution is -0.137. The van der Waals surface area contributed by atoms with E-state index in [1.807, 2.05) is 0 Å². The van der Waals surface area contributed by atoms with Crippen LogP contribution in [0.3, 0.4) is 0 Å². The summed E-state index contributed by atoms with van der Waals surface area (Å²) in [6, 6.07) is 12.9. The minimum Gasteiger partial charge on any atom is -0.337 e. The number of alkyl halides is 3. The highest BCUT2D eigenvalue weighted by atomic mass is 35.5. The molecule has 12 heteroatoms. The van der Waals surface area contributed by atoms with Gasteiger partial charge in [-0.1, -0.05) is 29.8 Å². The average molecular weight is 485 g/mol. The van der Waals surface area contributed by atoms with E-state index in [1.165, 1.54) is 12.1 Å². The molecule has 2 N–H and O–H groups in total. The molecule has 2 aromatic carbocycles. The number of sulfonamides is 1. The Bertz CT molecular complexity index is 1360. The smallest absolute Gasteiger partial charge is 0.337 e. The Hall–Kier alpha value is -2.89. The summed E-state index contributed by atoms with van der Waals surface area (Å²) in [5, 5.41) is 3.86. The van der Waals surface area contributed by atoms with Gasteiger partial charge in [0.05, 0.1) is 21.6 Å². The lowest BCUT2D eigenvalue weighted by Crippen LogP contribution is -2.15. The van der Waals surface area contributed by atoms with Gasteiger partial charge in [-0.05, 0) is 41.8 Å². The fourth-order valence-corrected chi connectivity index (χ4v) is 4.94. The van der Waals surface area contributed by atoms with Gasteiger partial charge in [0.25, 0.3) is 10.0 Å². The molecule has 0 saturated heterocycles. The molecule has 0 aliphatic rings. The van der Waals surface area contributed by atoms with E-state index < -0.39 is 26.8 Å². The number of thiophene rings is 1. The molecule has 0 unspecified atom stereocenters. The highest BCUT2D eigenvalue weighted by Crippen LogP contribution is 2.37. The Balaban J connectivity index is 1.79. The van der Waals surface area contributed by atoms with Crippen molar-refractivity contribution in [1.29, 1.82) is 0 Å². The van der Waals surface area contributed by atoms with Crippen molar-refractivity contribution in [1.82, 2.24) is 9.97 Å². The summed E-state index contributed by atoms with van der Waals surface area (Å²) in [7, 11) is -3.97. The monoisotopic (exact) mass is 484 g/mol. The summed E-state index contributed by atoms with van der Waals surface area (Å²) in [5.74, 6) is -0.218. The molecule has 2 heterocycles. The summed E-state index contributed by atoms with van der Waals surface area (Å²) >= 11 is 6.68. The molecule has 0 atom stereocenters. The summed E-state index contributed by atoms with van der Waals surface area (Å²) < 4.78 is 67.4. The second-order valence-electron chi connectivity index (χ2n) is 6.26. The van der Waals surface area contributed by atoms with Gasteiger partial charge in [0.2, 0.25) is 0 Å². The Morgan fingerprint density at radius 2 is 1.61 bits per heavy atom. The van der Waals surface area contributed by atoms with E-state index in [4.69, 9.17) is 11.6 Å². The zero-order valence-corrected chi connectivity index (χ0v) is 17.7. The van der Waals surface area contributed by atoms with Crippen LogP contribution >= 0.6 is 22.9 Å². The number of hydrogen-bond acceptors (Lipinski definition) is 6. The predicted octanol–water partition coefficient (Wildman–Crippen LogP) is 5.91. The number of aromatic nitrogens is 2. The van der Waals surface area contributed by atoms with Gasteiger partial charge >= 0.3 is 6.18 Å². The first kappa shape index (κ1) is 21.3. The fraction of sp³-hybridized carbons (Fsp3) is 0.0526. The van der Waals surface area contributed by atoms with Gasteiger partial charge in [-0.3, -0.25) is 4.72 Å². The van der Waals surface area contributed by atoms with Gasteiger partial charge in [-0.25, -0.2) is 18.4 Å². The number of benzene rings is 2. The number of hydrogen-bond donors (Lipinski definition) is 2. The Labute approximate surface area is 183 Å². The van der Waals surface area contributed by atoms with Gasteiger partial charge < -0.3 is 5.32 Å².